The third kappa shape index (κ3) is 6.08. The minimum Gasteiger partial charge on any atom is -0.483 e. The maximum atomic E-state index is 12.4. The molecule has 2 N–H and O–H groups in total. The van der Waals surface area contributed by atoms with Crippen LogP contribution in [0.15, 0.2) is 24.3 Å². The maximum absolute atomic E-state index is 12.4. The number of nitrogens with zero attached hydrogens (tertiary/aromatic N) is 4. The van der Waals surface area contributed by atoms with Crippen molar-refractivity contribution >= 4 is 34.8 Å². The van der Waals surface area contributed by atoms with Crippen LogP contribution >= 0.6 is 11.3 Å². The number of carboxylic acid groups (broad SMARTS) is 1. The summed E-state index contributed by atoms with van der Waals surface area (Å²) in [6.07, 6.45) is 2.00. The van der Waals surface area contributed by atoms with E-state index in [1.807, 2.05) is 0 Å². The monoisotopic (exact) mass is 415 g/mol. The average molecular weight is 415 g/mol. The molecule has 0 aliphatic carbocycles. The summed E-state index contributed by atoms with van der Waals surface area (Å²) in [5.74, 6) is -0.634. The van der Waals surface area contributed by atoms with Crippen LogP contribution in [0.1, 0.15) is 35.9 Å². The second-order valence-corrected chi connectivity index (χ2v) is 7.31. The van der Waals surface area contributed by atoms with Crippen LogP contribution in [-0.2, 0) is 27.3 Å². The van der Waals surface area contributed by atoms with Gasteiger partial charge in [-0.05, 0) is 24.1 Å². The summed E-state index contributed by atoms with van der Waals surface area (Å²) in [6.45, 7) is 2.52. The number of nitriles is 1. The van der Waals surface area contributed by atoms with E-state index in [2.05, 4.69) is 28.5 Å². The van der Waals surface area contributed by atoms with E-state index in [9.17, 15) is 9.59 Å². The molecule has 1 aliphatic rings. The van der Waals surface area contributed by atoms with Crippen LogP contribution in [0.2, 0.25) is 0 Å². The number of anilines is 1. The summed E-state index contributed by atoms with van der Waals surface area (Å²) >= 11 is 1.41. The van der Waals surface area contributed by atoms with Crippen molar-refractivity contribution in [2.24, 2.45) is 5.92 Å². The molecule has 1 saturated heterocycles. The van der Waals surface area contributed by atoms with Crippen molar-refractivity contribution in [1.29, 1.82) is 5.26 Å². The quantitative estimate of drug-likeness (QED) is 0.686. The fourth-order valence-corrected chi connectivity index (χ4v) is 3.73. The first-order valence-corrected chi connectivity index (χ1v) is 9.81. The molecule has 2 amide bonds. The van der Waals surface area contributed by atoms with Gasteiger partial charge in [0.05, 0.1) is 17.6 Å². The number of aromatic nitrogens is 2. The average Bonchev–Trinajstić information content (AvgIpc) is 3.34. The lowest BCUT2D eigenvalue weighted by Crippen LogP contribution is -2.32. The lowest BCUT2D eigenvalue weighted by Gasteiger charge is -2.12. The van der Waals surface area contributed by atoms with Gasteiger partial charge in [0.2, 0.25) is 16.9 Å². The topological polar surface area (TPSA) is 136 Å². The van der Waals surface area contributed by atoms with E-state index in [4.69, 9.17) is 15.2 Å². The highest BCUT2D eigenvalue weighted by Gasteiger charge is 2.36. The lowest BCUT2D eigenvalue weighted by molar-refractivity contribution is -0.126. The Morgan fingerprint density at radius 1 is 1.41 bits per heavy atom. The first-order valence-electron chi connectivity index (χ1n) is 8.99. The number of rotatable bonds is 6. The Hall–Kier alpha value is -3.32. The molecule has 3 rings (SSSR count). The minimum absolute atomic E-state index is 0.0947. The Morgan fingerprint density at radius 3 is 2.72 bits per heavy atom. The molecule has 1 atom stereocenters. The molecular formula is C19H21N5O4S. The Labute approximate surface area is 172 Å². The molecule has 2 aromatic rings. The zero-order valence-corrected chi connectivity index (χ0v) is 16.7. The normalized spacial score (nSPS) is 15.2. The zero-order valence-electron chi connectivity index (χ0n) is 15.9. The highest BCUT2D eigenvalue weighted by molar-refractivity contribution is 7.15. The van der Waals surface area contributed by atoms with Crippen LogP contribution < -0.4 is 10.2 Å². The highest BCUT2D eigenvalue weighted by atomic mass is 32.1. The van der Waals surface area contributed by atoms with Gasteiger partial charge in [0.25, 0.3) is 6.47 Å². The van der Waals surface area contributed by atoms with Gasteiger partial charge >= 0.3 is 0 Å². The molecule has 1 fully saturated rings. The standard InChI is InChI=1S/C18H19N5O2S.CH2O2/c1-2-3-15-21-22-18(26-15)23-11-14(8-16(23)24)17(25)20-10-13-6-4-12(9-19)5-7-13;2-1-3/h4-7,14H,2-3,8,10-11H2,1H3,(H,20,25);1H,(H,2,3). The van der Waals surface area contributed by atoms with Crippen molar-refractivity contribution in [2.45, 2.75) is 32.7 Å². The number of hydrogen-bond donors (Lipinski definition) is 2. The molecule has 2 heterocycles. The first kappa shape index (κ1) is 22.0. The fourth-order valence-electron chi connectivity index (χ4n) is 2.77. The van der Waals surface area contributed by atoms with Crippen molar-refractivity contribution in [3.63, 3.8) is 0 Å². The molecule has 1 aliphatic heterocycles. The van der Waals surface area contributed by atoms with Gasteiger partial charge < -0.3 is 10.4 Å². The third-order valence-corrected chi connectivity index (χ3v) is 5.20. The third-order valence-electron chi connectivity index (χ3n) is 4.20. The lowest BCUT2D eigenvalue weighted by atomic mass is 10.1. The van der Waals surface area contributed by atoms with E-state index in [1.165, 1.54) is 11.3 Å². The Morgan fingerprint density at radius 2 is 2.10 bits per heavy atom. The van der Waals surface area contributed by atoms with Crippen molar-refractivity contribution in [3.8, 4) is 6.07 Å². The molecule has 1 aromatic carbocycles. The Balaban J connectivity index is 0.000000941. The van der Waals surface area contributed by atoms with Gasteiger partial charge in [-0.2, -0.15) is 5.26 Å². The van der Waals surface area contributed by atoms with E-state index in [0.29, 0.717) is 23.8 Å². The van der Waals surface area contributed by atoms with E-state index in [0.717, 1.165) is 23.4 Å². The number of hydrogen-bond acceptors (Lipinski definition) is 7. The van der Waals surface area contributed by atoms with Gasteiger partial charge in [0.1, 0.15) is 5.01 Å². The summed E-state index contributed by atoms with van der Waals surface area (Å²) < 4.78 is 0. The maximum Gasteiger partial charge on any atom is 0.290 e. The van der Waals surface area contributed by atoms with Crippen LogP contribution in [0, 0.1) is 17.2 Å². The largest absolute Gasteiger partial charge is 0.483 e. The van der Waals surface area contributed by atoms with Gasteiger partial charge in [-0.3, -0.25) is 19.3 Å². The Bertz CT molecular complexity index is 891. The number of carbonyl (C=O) groups excluding carboxylic acids is 2. The minimum atomic E-state index is -0.389. The first-order chi connectivity index (χ1) is 14.0. The predicted octanol–water partition coefficient (Wildman–Crippen LogP) is 1.73. The smallest absolute Gasteiger partial charge is 0.290 e. The molecule has 1 aromatic heterocycles. The summed E-state index contributed by atoms with van der Waals surface area (Å²) in [4.78, 5) is 34.6. The molecule has 152 valence electrons. The number of nitrogens with one attached hydrogen (secondary N) is 1. The van der Waals surface area contributed by atoms with Crippen LogP contribution in [0.25, 0.3) is 0 Å². The number of aryl methyl sites for hydroxylation is 1. The van der Waals surface area contributed by atoms with Gasteiger partial charge in [-0.15, -0.1) is 10.2 Å². The molecule has 29 heavy (non-hydrogen) atoms. The molecule has 10 heteroatoms. The summed E-state index contributed by atoms with van der Waals surface area (Å²) in [5.41, 5.74) is 1.49. The van der Waals surface area contributed by atoms with Gasteiger partial charge in [-0.25, -0.2) is 0 Å². The van der Waals surface area contributed by atoms with Crippen molar-refractivity contribution in [1.82, 2.24) is 15.5 Å². The van der Waals surface area contributed by atoms with Crippen LogP contribution in [-0.4, -0.2) is 40.1 Å². The summed E-state index contributed by atoms with van der Waals surface area (Å²) in [7, 11) is 0. The van der Waals surface area contributed by atoms with E-state index < -0.39 is 0 Å². The molecule has 9 nitrogen and oxygen atoms in total. The number of carbonyl (C=O) groups is 3. The zero-order chi connectivity index (χ0) is 21.2. The van der Waals surface area contributed by atoms with Crippen molar-refractivity contribution in [3.05, 3.63) is 40.4 Å². The summed E-state index contributed by atoms with van der Waals surface area (Å²) in [6, 6.07) is 9.10. The molecule has 0 spiro atoms. The molecule has 0 bridgehead atoms. The van der Waals surface area contributed by atoms with Crippen molar-refractivity contribution < 1.29 is 19.5 Å². The van der Waals surface area contributed by atoms with Crippen LogP contribution in [0.5, 0.6) is 0 Å². The molecular weight excluding hydrogens is 394 g/mol. The fraction of sp³-hybridized carbons (Fsp3) is 0.368. The van der Waals surface area contributed by atoms with Gasteiger partial charge in [-0.1, -0.05) is 30.4 Å². The Kier molecular flexibility index (Phi) is 8.24. The predicted molar refractivity (Wildman–Crippen MR) is 106 cm³/mol. The second-order valence-electron chi connectivity index (χ2n) is 6.27. The van der Waals surface area contributed by atoms with Crippen LogP contribution in [0.3, 0.4) is 0 Å². The molecule has 0 radical (unpaired) electrons. The number of benzene rings is 1. The summed E-state index contributed by atoms with van der Waals surface area (Å²) in [5, 5.41) is 28.2. The van der Waals surface area contributed by atoms with E-state index in [1.54, 1.807) is 29.2 Å². The second kappa shape index (κ2) is 10.9. The van der Waals surface area contributed by atoms with E-state index in [-0.39, 0.29) is 30.6 Å². The van der Waals surface area contributed by atoms with E-state index >= 15 is 0 Å². The number of amides is 2. The highest BCUT2D eigenvalue weighted by Crippen LogP contribution is 2.28. The van der Waals surface area contributed by atoms with Crippen LogP contribution in [0.4, 0.5) is 5.13 Å². The SMILES string of the molecule is CCCc1nnc(N2CC(C(=O)NCc3ccc(C#N)cc3)CC2=O)s1.O=CO. The molecule has 0 saturated carbocycles. The molecule has 1 unspecified atom stereocenters. The van der Waals surface area contributed by atoms with Crippen molar-refractivity contribution in [2.75, 3.05) is 11.4 Å². The van der Waals surface area contributed by atoms with Gasteiger partial charge in [0.15, 0.2) is 0 Å². The van der Waals surface area contributed by atoms with Gasteiger partial charge in [0, 0.05) is 25.9 Å².